The van der Waals surface area contributed by atoms with Gasteiger partial charge in [0.2, 0.25) is 0 Å². The van der Waals surface area contributed by atoms with Gasteiger partial charge in [-0.3, -0.25) is 14.0 Å². The highest BCUT2D eigenvalue weighted by atomic mass is 31.2. The fourth-order valence-electron chi connectivity index (χ4n) is 1.78. The van der Waals surface area contributed by atoms with E-state index in [0.29, 0.717) is 26.2 Å². The number of aliphatic carboxylic acids is 1. The van der Waals surface area contributed by atoms with E-state index in [0.717, 1.165) is 0 Å². The van der Waals surface area contributed by atoms with Gasteiger partial charge in [0, 0.05) is 32.7 Å². The number of hydrogen-bond acceptors (Lipinski definition) is 5. The summed E-state index contributed by atoms with van der Waals surface area (Å²) in [4.78, 5) is 33.9. The zero-order valence-electron chi connectivity index (χ0n) is 11.1. The van der Waals surface area contributed by atoms with E-state index in [9.17, 15) is 19.0 Å². The number of carboxylic acid groups (broad SMARTS) is 2. The first kappa shape index (κ1) is 16.9. The van der Waals surface area contributed by atoms with E-state index in [4.69, 9.17) is 10.2 Å². The number of piperazine rings is 1. The Morgan fingerprint density at radius 3 is 2.25 bits per heavy atom. The highest BCUT2D eigenvalue weighted by Crippen LogP contribution is 2.42. The van der Waals surface area contributed by atoms with Crippen LogP contribution in [0.4, 0.5) is 4.79 Å². The van der Waals surface area contributed by atoms with Gasteiger partial charge >= 0.3 is 19.7 Å². The van der Waals surface area contributed by atoms with Crippen molar-refractivity contribution in [2.24, 2.45) is 0 Å². The Labute approximate surface area is 116 Å². The SMILES string of the molecule is CC(OP(=O)(O)CCN1CCN(C(=O)O)CC1)C(=O)O. The van der Waals surface area contributed by atoms with Crippen molar-refractivity contribution in [3.63, 3.8) is 0 Å². The predicted molar refractivity (Wildman–Crippen MR) is 68.9 cm³/mol. The Bertz CT molecular complexity index is 408. The second-order valence-corrected chi connectivity index (χ2v) is 6.49. The normalized spacial score (nSPS) is 21.2. The number of nitrogens with zero attached hydrogens (tertiary/aromatic N) is 2. The predicted octanol–water partition coefficient (Wildman–Crippen LogP) is -0.0429. The van der Waals surface area contributed by atoms with E-state index in [1.54, 1.807) is 0 Å². The molecular weight excluding hydrogens is 291 g/mol. The largest absolute Gasteiger partial charge is 0.479 e. The number of rotatable bonds is 6. The Morgan fingerprint density at radius 1 is 1.25 bits per heavy atom. The second kappa shape index (κ2) is 7.03. The molecule has 1 heterocycles. The lowest BCUT2D eigenvalue weighted by Gasteiger charge is -2.33. The van der Waals surface area contributed by atoms with Crippen LogP contribution in [0.1, 0.15) is 6.92 Å². The van der Waals surface area contributed by atoms with Gasteiger partial charge in [-0.15, -0.1) is 0 Å². The topological polar surface area (TPSA) is 128 Å². The molecule has 9 nitrogen and oxygen atoms in total. The minimum atomic E-state index is -3.96. The van der Waals surface area contributed by atoms with Gasteiger partial charge in [-0.1, -0.05) is 0 Å². The smallest absolute Gasteiger partial charge is 0.407 e. The van der Waals surface area contributed by atoms with Crippen molar-refractivity contribution in [2.45, 2.75) is 13.0 Å². The van der Waals surface area contributed by atoms with E-state index < -0.39 is 25.8 Å². The molecule has 1 saturated heterocycles. The highest BCUT2D eigenvalue weighted by Gasteiger charge is 2.28. The highest BCUT2D eigenvalue weighted by molar-refractivity contribution is 7.52. The molecule has 0 radical (unpaired) electrons. The van der Waals surface area contributed by atoms with Crippen LogP contribution in [0.15, 0.2) is 0 Å². The van der Waals surface area contributed by atoms with E-state index in [-0.39, 0.29) is 12.7 Å². The first-order valence-corrected chi connectivity index (χ1v) is 7.91. The van der Waals surface area contributed by atoms with Crippen LogP contribution in [0.25, 0.3) is 0 Å². The van der Waals surface area contributed by atoms with Crippen molar-refractivity contribution < 1.29 is 33.8 Å². The number of carboxylic acids is 1. The third-order valence-electron chi connectivity index (χ3n) is 3.01. The average Bonchev–Trinajstić information content (AvgIpc) is 2.36. The molecule has 3 N–H and O–H groups in total. The molecule has 0 aromatic rings. The minimum absolute atomic E-state index is 0.183. The lowest BCUT2D eigenvalue weighted by atomic mass is 10.3. The lowest BCUT2D eigenvalue weighted by molar-refractivity contribution is -0.144. The Hall–Kier alpha value is -1.15. The summed E-state index contributed by atoms with van der Waals surface area (Å²) >= 11 is 0. The molecule has 20 heavy (non-hydrogen) atoms. The first-order valence-electron chi connectivity index (χ1n) is 6.14. The molecule has 0 saturated carbocycles. The maximum Gasteiger partial charge on any atom is 0.407 e. The summed E-state index contributed by atoms with van der Waals surface area (Å²) in [7, 11) is -3.96. The number of amides is 1. The van der Waals surface area contributed by atoms with E-state index >= 15 is 0 Å². The molecule has 0 aromatic heterocycles. The molecule has 1 rings (SSSR count). The van der Waals surface area contributed by atoms with Crippen LogP contribution >= 0.6 is 7.60 Å². The van der Waals surface area contributed by atoms with Crippen molar-refractivity contribution in [2.75, 3.05) is 38.9 Å². The zero-order valence-corrected chi connectivity index (χ0v) is 12.0. The molecule has 0 aromatic carbocycles. The summed E-state index contributed by atoms with van der Waals surface area (Å²) in [6.07, 6.45) is -2.50. The van der Waals surface area contributed by atoms with Crippen molar-refractivity contribution in [3.05, 3.63) is 0 Å². The Morgan fingerprint density at radius 2 is 1.80 bits per heavy atom. The van der Waals surface area contributed by atoms with Crippen LogP contribution in [-0.2, 0) is 13.9 Å². The average molecular weight is 310 g/mol. The van der Waals surface area contributed by atoms with Gasteiger partial charge in [-0.2, -0.15) is 0 Å². The molecule has 0 aliphatic carbocycles. The van der Waals surface area contributed by atoms with E-state index in [1.807, 2.05) is 4.90 Å². The van der Waals surface area contributed by atoms with Crippen LogP contribution in [0.5, 0.6) is 0 Å². The van der Waals surface area contributed by atoms with Gasteiger partial charge in [0.15, 0.2) is 6.10 Å². The van der Waals surface area contributed by atoms with Gasteiger partial charge in [0.05, 0.1) is 6.16 Å². The monoisotopic (exact) mass is 310 g/mol. The van der Waals surface area contributed by atoms with Crippen molar-refractivity contribution >= 4 is 19.7 Å². The quantitative estimate of drug-likeness (QED) is 0.583. The third-order valence-corrected chi connectivity index (χ3v) is 4.42. The van der Waals surface area contributed by atoms with Gasteiger partial charge in [0.25, 0.3) is 0 Å². The summed E-state index contributed by atoms with van der Waals surface area (Å²) < 4.78 is 16.3. The van der Waals surface area contributed by atoms with Gasteiger partial charge in [0.1, 0.15) is 0 Å². The molecule has 116 valence electrons. The number of hydrogen-bond donors (Lipinski definition) is 3. The standard InChI is InChI=1S/C10H19N2O7P/c1-8(9(13)14)19-20(17,18)7-6-11-2-4-12(5-3-11)10(15)16/h8H,2-7H2,1H3,(H,13,14)(H,15,16)(H,17,18). The zero-order chi connectivity index (χ0) is 15.3. The molecule has 2 unspecified atom stereocenters. The summed E-state index contributed by atoms with van der Waals surface area (Å²) in [5.41, 5.74) is 0. The molecule has 1 aliphatic rings. The summed E-state index contributed by atoms with van der Waals surface area (Å²) in [5, 5.41) is 17.4. The van der Waals surface area contributed by atoms with Crippen LogP contribution < -0.4 is 0 Å². The van der Waals surface area contributed by atoms with Crippen LogP contribution in [0.2, 0.25) is 0 Å². The van der Waals surface area contributed by atoms with Crippen molar-refractivity contribution in [3.8, 4) is 0 Å². The number of carbonyl (C=O) groups is 2. The molecular formula is C10H19N2O7P. The van der Waals surface area contributed by atoms with Gasteiger partial charge in [-0.05, 0) is 6.92 Å². The van der Waals surface area contributed by atoms with Crippen molar-refractivity contribution in [1.82, 2.24) is 9.80 Å². The molecule has 0 spiro atoms. The lowest BCUT2D eigenvalue weighted by Crippen LogP contribution is -2.48. The second-order valence-electron chi connectivity index (χ2n) is 4.56. The van der Waals surface area contributed by atoms with Crippen LogP contribution in [0.3, 0.4) is 0 Å². The Balaban J connectivity index is 2.35. The fraction of sp³-hybridized carbons (Fsp3) is 0.800. The minimum Gasteiger partial charge on any atom is -0.479 e. The molecule has 1 fully saturated rings. The summed E-state index contributed by atoms with van der Waals surface area (Å²) in [6.45, 7) is 3.08. The van der Waals surface area contributed by atoms with E-state index in [2.05, 4.69) is 4.52 Å². The first-order chi connectivity index (χ1) is 9.21. The maximum atomic E-state index is 11.7. The molecule has 10 heteroatoms. The summed E-state index contributed by atoms with van der Waals surface area (Å²) in [5.74, 6) is -1.30. The third kappa shape index (κ3) is 5.46. The Kier molecular flexibility index (Phi) is 5.94. The van der Waals surface area contributed by atoms with Gasteiger partial charge in [-0.25, -0.2) is 9.59 Å². The molecule has 1 aliphatic heterocycles. The van der Waals surface area contributed by atoms with E-state index in [1.165, 1.54) is 11.8 Å². The summed E-state index contributed by atoms with van der Waals surface area (Å²) in [6, 6.07) is 0. The van der Waals surface area contributed by atoms with Crippen molar-refractivity contribution in [1.29, 1.82) is 0 Å². The van der Waals surface area contributed by atoms with Gasteiger partial charge < -0.3 is 20.0 Å². The molecule has 2 atom stereocenters. The molecule has 0 bridgehead atoms. The maximum absolute atomic E-state index is 11.7. The molecule has 1 amide bonds. The fourth-order valence-corrected chi connectivity index (χ4v) is 3.00. The van der Waals surface area contributed by atoms with Crippen LogP contribution in [0, 0.1) is 0 Å². The van der Waals surface area contributed by atoms with Crippen LogP contribution in [-0.4, -0.2) is 82.0 Å².